The summed E-state index contributed by atoms with van der Waals surface area (Å²) >= 11 is 1.51. The van der Waals surface area contributed by atoms with Gasteiger partial charge in [-0.25, -0.2) is 4.98 Å². The van der Waals surface area contributed by atoms with Crippen molar-refractivity contribution in [1.82, 2.24) is 4.98 Å². The Bertz CT molecular complexity index is 593. The van der Waals surface area contributed by atoms with E-state index in [1.807, 2.05) is 13.0 Å². The summed E-state index contributed by atoms with van der Waals surface area (Å²) in [5.41, 5.74) is 7.92. The summed E-state index contributed by atoms with van der Waals surface area (Å²) in [7, 11) is 1.55. The molecule has 0 amide bonds. The predicted molar refractivity (Wildman–Crippen MR) is 80.8 cm³/mol. The summed E-state index contributed by atoms with van der Waals surface area (Å²) in [6, 6.07) is 6.24. The molecule has 2 rings (SSSR count). The minimum Gasteiger partial charge on any atom is -0.484 e. The highest BCUT2D eigenvalue weighted by molar-refractivity contribution is 7.22. The van der Waals surface area contributed by atoms with Crippen LogP contribution >= 0.6 is 11.3 Å². The van der Waals surface area contributed by atoms with E-state index < -0.39 is 0 Å². The van der Waals surface area contributed by atoms with Crippen LogP contribution in [0, 0.1) is 17.2 Å². The average molecular weight is 277 g/mol. The average Bonchev–Trinajstić information content (AvgIpc) is 2.76. The van der Waals surface area contributed by atoms with Gasteiger partial charge in [0.25, 0.3) is 0 Å². The number of nitrogens with zero attached hydrogens (tertiary/aromatic N) is 1. The van der Waals surface area contributed by atoms with Gasteiger partial charge in [0.05, 0.1) is 17.3 Å². The van der Waals surface area contributed by atoms with Crippen molar-refractivity contribution < 1.29 is 4.74 Å². The van der Waals surface area contributed by atoms with E-state index in [9.17, 15) is 0 Å². The van der Waals surface area contributed by atoms with Crippen molar-refractivity contribution >= 4 is 32.6 Å². The van der Waals surface area contributed by atoms with E-state index in [2.05, 4.69) is 24.0 Å². The molecule has 5 heteroatoms. The Morgan fingerprint density at radius 1 is 1.47 bits per heavy atom. The maximum absolute atomic E-state index is 7.73. The molecule has 0 bridgehead atoms. The molecule has 19 heavy (non-hydrogen) atoms. The zero-order valence-electron chi connectivity index (χ0n) is 11.4. The number of hydrogen-bond donors (Lipinski definition) is 2. The second kappa shape index (κ2) is 5.57. The molecule has 2 atom stereocenters. The number of nitrogens with one attached hydrogen (secondary N) is 1. The lowest BCUT2D eigenvalue weighted by molar-refractivity contribution is 0.332. The highest BCUT2D eigenvalue weighted by Crippen LogP contribution is 2.26. The van der Waals surface area contributed by atoms with Crippen LogP contribution in [-0.2, 0) is 11.2 Å². The van der Waals surface area contributed by atoms with Gasteiger partial charge < -0.3 is 10.5 Å². The number of thiazole rings is 1. The monoisotopic (exact) mass is 277 g/mol. The summed E-state index contributed by atoms with van der Waals surface area (Å²) in [5, 5.41) is 8.33. The van der Waals surface area contributed by atoms with Crippen molar-refractivity contribution in [1.29, 1.82) is 5.41 Å². The van der Waals surface area contributed by atoms with Crippen molar-refractivity contribution in [2.75, 3.05) is 12.8 Å². The molecule has 4 nitrogen and oxygen atoms in total. The Hall–Kier alpha value is -1.62. The third-order valence-electron chi connectivity index (χ3n) is 3.51. The van der Waals surface area contributed by atoms with Gasteiger partial charge in [-0.2, -0.15) is 0 Å². The number of anilines is 1. The molecule has 1 heterocycles. The molecule has 1 aromatic carbocycles. The summed E-state index contributed by atoms with van der Waals surface area (Å²) in [6.45, 7) is 4.17. The Labute approximate surface area is 117 Å². The summed E-state index contributed by atoms with van der Waals surface area (Å²) in [6.07, 6.45) is 0.917. The molecule has 0 aliphatic heterocycles. The second-order valence-corrected chi connectivity index (χ2v) is 5.95. The molecule has 2 aromatic rings. The summed E-state index contributed by atoms with van der Waals surface area (Å²) in [4.78, 5) is 4.25. The minimum absolute atomic E-state index is 0.118. The van der Waals surface area contributed by atoms with Gasteiger partial charge in [-0.1, -0.05) is 31.3 Å². The van der Waals surface area contributed by atoms with Gasteiger partial charge in [0.2, 0.25) is 0 Å². The number of benzene rings is 1. The lowest BCUT2D eigenvalue weighted by Crippen LogP contribution is -2.21. The van der Waals surface area contributed by atoms with Gasteiger partial charge in [0, 0.05) is 5.92 Å². The largest absolute Gasteiger partial charge is 0.484 e. The zero-order chi connectivity index (χ0) is 14.0. The van der Waals surface area contributed by atoms with Crippen LogP contribution < -0.4 is 5.73 Å². The third kappa shape index (κ3) is 3.04. The van der Waals surface area contributed by atoms with E-state index in [4.69, 9.17) is 15.9 Å². The van der Waals surface area contributed by atoms with Crippen LogP contribution in [0.25, 0.3) is 10.2 Å². The number of ether oxygens (including phenoxy) is 1. The molecule has 0 saturated carbocycles. The van der Waals surface area contributed by atoms with E-state index in [1.165, 1.54) is 16.9 Å². The maximum atomic E-state index is 7.73. The first-order chi connectivity index (χ1) is 9.01. The fourth-order valence-electron chi connectivity index (χ4n) is 2.11. The van der Waals surface area contributed by atoms with Crippen molar-refractivity contribution in [3.63, 3.8) is 0 Å². The van der Waals surface area contributed by atoms with Gasteiger partial charge >= 0.3 is 0 Å². The molecular weight excluding hydrogens is 258 g/mol. The molecule has 3 N–H and O–H groups in total. The Balaban J connectivity index is 2.14. The van der Waals surface area contributed by atoms with E-state index >= 15 is 0 Å². The first-order valence-electron chi connectivity index (χ1n) is 6.28. The molecule has 0 saturated heterocycles. The molecule has 2 unspecified atom stereocenters. The lowest BCUT2D eigenvalue weighted by atomic mass is 9.89. The SMILES string of the molecule is COC(=N)C(C)C(C)Cc1ccc2nc(N)sc2c1. The standard InChI is InChI=1S/C14H19N3OS/c1-8(9(2)13(15)18-3)6-10-4-5-11-12(7-10)19-14(16)17-11/h4-5,7-9,15H,6H2,1-3H3,(H2,16,17). The van der Waals surface area contributed by atoms with Crippen LogP contribution in [0.15, 0.2) is 18.2 Å². The number of nitrogens with two attached hydrogens (primary N) is 1. The number of aromatic nitrogens is 1. The van der Waals surface area contributed by atoms with Crippen LogP contribution in [0.1, 0.15) is 19.4 Å². The fraction of sp³-hybridized carbons (Fsp3) is 0.429. The second-order valence-electron chi connectivity index (χ2n) is 4.89. The van der Waals surface area contributed by atoms with Crippen LogP contribution in [-0.4, -0.2) is 18.0 Å². The highest BCUT2D eigenvalue weighted by atomic mass is 32.1. The quantitative estimate of drug-likeness (QED) is 0.665. The molecular formula is C14H19N3OS. The van der Waals surface area contributed by atoms with Crippen LogP contribution in [0.3, 0.4) is 0 Å². The van der Waals surface area contributed by atoms with Crippen LogP contribution in [0.4, 0.5) is 5.13 Å². The number of fused-ring (bicyclic) bond motifs is 1. The molecule has 0 aliphatic carbocycles. The van der Waals surface area contributed by atoms with E-state index in [0.29, 0.717) is 16.9 Å². The number of methoxy groups -OCH3 is 1. The van der Waals surface area contributed by atoms with Crippen molar-refractivity contribution in [2.45, 2.75) is 20.3 Å². The predicted octanol–water partition coefficient (Wildman–Crippen LogP) is 3.32. The van der Waals surface area contributed by atoms with Crippen molar-refractivity contribution in [3.05, 3.63) is 23.8 Å². The Morgan fingerprint density at radius 2 is 2.21 bits per heavy atom. The first kappa shape index (κ1) is 13.8. The smallest absolute Gasteiger partial charge is 0.183 e. The molecule has 1 aromatic heterocycles. The number of hydrogen-bond acceptors (Lipinski definition) is 5. The van der Waals surface area contributed by atoms with E-state index in [1.54, 1.807) is 7.11 Å². The lowest BCUT2D eigenvalue weighted by Gasteiger charge is -2.19. The van der Waals surface area contributed by atoms with Gasteiger partial charge in [-0.15, -0.1) is 0 Å². The van der Waals surface area contributed by atoms with Gasteiger partial charge in [-0.3, -0.25) is 5.41 Å². The third-order valence-corrected chi connectivity index (χ3v) is 4.36. The minimum atomic E-state index is 0.118. The summed E-state index contributed by atoms with van der Waals surface area (Å²) in [5.74, 6) is 0.818. The molecule has 0 aliphatic rings. The molecule has 0 spiro atoms. The van der Waals surface area contributed by atoms with Crippen molar-refractivity contribution in [3.8, 4) is 0 Å². The summed E-state index contributed by atoms with van der Waals surface area (Å²) < 4.78 is 6.13. The van der Waals surface area contributed by atoms with Crippen LogP contribution in [0.2, 0.25) is 0 Å². The maximum Gasteiger partial charge on any atom is 0.183 e. The normalized spacial score (nSPS) is 14.3. The van der Waals surface area contributed by atoms with Gasteiger partial charge in [0.15, 0.2) is 11.0 Å². The Morgan fingerprint density at radius 3 is 2.89 bits per heavy atom. The first-order valence-corrected chi connectivity index (χ1v) is 7.10. The van der Waals surface area contributed by atoms with Gasteiger partial charge in [0.1, 0.15) is 0 Å². The van der Waals surface area contributed by atoms with E-state index in [-0.39, 0.29) is 5.92 Å². The van der Waals surface area contributed by atoms with Crippen molar-refractivity contribution in [2.24, 2.45) is 11.8 Å². The van der Waals surface area contributed by atoms with E-state index in [0.717, 1.165) is 16.6 Å². The molecule has 0 fully saturated rings. The molecule has 102 valence electrons. The highest BCUT2D eigenvalue weighted by Gasteiger charge is 2.18. The fourth-order valence-corrected chi connectivity index (χ4v) is 2.90. The zero-order valence-corrected chi connectivity index (χ0v) is 12.3. The van der Waals surface area contributed by atoms with Gasteiger partial charge in [-0.05, 0) is 30.0 Å². The number of nitrogen functional groups attached to an aromatic ring is 1. The van der Waals surface area contributed by atoms with Crippen LogP contribution in [0.5, 0.6) is 0 Å². The number of rotatable bonds is 4. The topological polar surface area (TPSA) is 72.0 Å². The Kier molecular flexibility index (Phi) is 4.04. The molecule has 0 radical (unpaired) electrons.